The second kappa shape index (κ2) is 7.12. The van der Waals surface area contributed by atoms with Crippen LogP contribution in [0.1, 0.15) is 5.56 Å². The van der Waals surface area contributed by atoms with Crippen molar-refractivity contribution in [1.82, 2.24) is 4.98 Å². The van der Waals surface area contributed by atoms with Gasteiger partial charge in [-0.25, -0.2) is 0 Å². The van der Waals surface area contributed by atoms with Crippen LogP contribution in [0.15, 0.2) is 47.4 Å². The number of rotatable bonds is 2. The third kappa shape index (κ3) is 3.60. The average Bonchev–Trinajstić information content (AvgIpc) is 2.31. The summed E-state index contributed by atoms with van der Waals surface area (Å²) in [5.74, 6) is 0. The third-order valence-corrected chi connectivity index (χ3v) is 2.31. The SMILES string of the molecule is Cl.Cl.NCc1cc(-c2ccccc2)c[nH]c1=O. The van der Waals surface area contributed by atoms with Crippen LogP contribution in [0, 0.1) is 0 Å². The van der Waals surface area contributed by atoms with E-state index < -0.39 is 0 Å². The number of nitrogens with one attached hydrogen (secondary N) is 1. The van der Waals surface area contributed by atoms with Crippen LogP contribution in [0.3, 0.4) is 0 Å². The normalized spacial score (nSPS) is 9.00. The van der Waals surface area contributed by atoms with Crippen LogP contribution >= 0.6 is 24.8 Å². The Morgan fingerprint density at radius 3 is 2.29 bits per heavy atom. The summed E-state index contributed by atoms with van der Waals surface area (Å²) < 4.78 is 0. The molecule has 1 aromatic heterocycles. The van der Waals surface area contributed by atoms with E-state index in [1.54, 1.807) is 6.20 Å². The van der Waals surface area contributed by atoms with E-state index in [4.69, 9.17) is 5.73 Å². The molecule has 0 fully saturated rings. The van der Waals surface area contributed by atoms with Crippen LogP contribution in [0.2, 0.25) is 0 Å². The van der Waals surface area contributed by atoms with Crippen molar-refractivity contribution >= 4 is 24.8 Å². The van der Waals surface area contributed by atoms with Gasteiger partial charge in [-0.1, -0.05) is 30.3 Å². The number of pyridine rings is 1. The number of H-pyrrole nitrogens is 1. The van der Waals surface area contributed by atoms with Crippen LogP contribution in [0.4, 0.5) is 0 Å². The minimum Gasteiger partial charge on any atom is -0.328 e. The van der Waals surface area contributed by atoms with E-state index in [-0.39, 0.29) is 36.9 Å². The van der Waals surface area contributed by atoms with E-state index in [1.165, 1.54) is 0 Å². The standard InChI is InChI=1S/C12H12N2O.2ClH/c13-7-10-6-11(8-14-12(10)15)9-4-2-1-3-5-9;;/h1-6,8H,7,13H2,(H,14,15);2*1H. The van der Waals surface area contributed by atoms with Gasteiger partial charge in [0.05, 0.1) is 0 Å². The lowest BCUT2D eigenvalue weighted by Gasteiger charge is -2.02. The Labute approximate surface area is 112 Å². The summed E-state index contributed by atoms with van der Waals surface area (Å²) in [7, 11) is 0. The Hall–Kier alpha value is -1.29. The largest absolute Gasteiger partial charge is 0.328 e. The van der Waals surface area contributed by atoms with Gasteiger partial charge in [0, 0.05) is 18.3 Å². The van der Waals surface area contributed by atoms with Gasteiger partial charge >= 0.3 is 0 Å². The summed E-state index contributed by atoms with van der Waals surface area (Å²) in [5, 5.41) is 0. The fourth-order valence-electron chi connectivity index (χ4n) is 1.48. The van der Waals surface area contributed by atoms with Gasteiger partial charge in [-0.2, -0.15) is 0 Å². The van der Waals surface area contributed by atoms with E-state index >= 15 is 0 Å². The molecule has 5 heteroatoms. The minimum atomic E-state index is -0.114. The smallest absolute Gasteiger partial charge is 0.252 e. The number of nitrogens with two attached hydrogens (primary N) is 1. The van der Waals surface area contributed by atoms with Crippen LogP contribution in [-0.2, 0) is 6.54 Å². The Balaban J connectivity index is 0.00000128. The van der Waals surface area contributed by atoms with Crippen molar-refractivity contribution in [2.24, 2.45) is 5.73 Å². The molecular weight excluding hydrogens is 259 g/mol. The minimum absolute atomic E-state index is 0. The second-order valence-corrected chi connectivity index (χ2v) is 3.31. The Morgan fingerprint density at radius 1 is 1.06 bits per heavy atom. The lowest BCUT2D eigenvalue weighted by Crippen LogP contribution is -2.15. The van der Waals surface area contributed by atoms with E-state index in [0.29, 0.717) is 5.56 Å². The molecule has 0 aliphatic rings. The molecule has 0 aliphatic heterocycles. The molecule has 1 aromatic carbocycles. The first-order valence-corrected chi connectivity index (χ1v) is 4.78. The molecule has 0 saturated carbocycles. The molecule has 3 nitrogen and oxygen atoms in total. The summed E-state index contributed by atoms with van der Waals surface area (Å²) in [4.78, 5) is 14.0. The van der Waals surface area contributed by atoms with Crippen molar-refractivity contribution in [3.63, 3.8) is 0 Å². The third-order valence-electron chi connectivity index (χ3n) is 2.31. The van der Waals surface area contributed by atoms with Crippen molar-refractivity contribution in [1.29, 1.82) is 0 Å². The zero-order chi connectivity index (χ0) is 10.7. The van der Waals surface area contributed by atoms with Gasteiger partial charge in [0.15, 0.2) is 0 Å². The Morgan fingerprint density at radius 2 is 1.71 bits per heavy atom. The molecule has 1 heterocycles. The zero-order valence-electron chi connectivity index (χ0n) is 9.05. The Bertz CT molecular complexity index is 511. The topological polar surface area (TPSA) is 58.9 Å². The van der Waals surface area contributed by atoms with Gasteiger partial charge in [0.25, 0.3) is 5.56 Å². The molecule has 2 rings (SSSR count). The maximum Gasteiger partial charge on any atom is 0.252 e. The summed E-state index contributed by atoms with van der Waals surface area (Å²) in [5.41, 5.74) is 8.03. The van der Waals surface area contributed by atoms with Gasteiger partial charge < -0.3 is 10.7 Å². The van der Waals surface area contributed by atoms with Crippen LogP contribution in [0.5, 0.6) is 0 Å². The van der Waals surface area contributed by atoms with Gasteiger partial charge in [0.2, 0.25) is 0 Å². The molecule has 2 aromatic rings. The van der Waals surface area contributed by atoms with Gasteiger partial charge in [-0.05, 0) is 17.2 Å². The fraction of sp³-hybridized carbons (Fsp3) is 0.0833. The summed E-state index contributed by atoms with van der Waals surface area (Å²) >= 11 is 0. The molecule has 0 amide bonds. The fourth-order valence-corrected chi connectivity index (χ4v) is 1.48. The maximum absolute atomic E-state index is 11.3. The molecule has 0 unspecified atom stereocenters. The quantitative estimate of drug-likeness (QED) is 0.882. The van der Waals surface area contributed by atoms with E-state index in [1.807, 2.05) is 36.4 Å². The maximum atomic E-state index is 11.3. The van der Waals surface area contributed by atoms with Crippen molar-refractivity contribution in [2.75, 3.05) is 0 Å². The highest BCUT2D eigenvalue weighted by atomic mass is 35.5. The summed E-state index contributed by atoms with van der Waals surface area (Å²) in [6, 6.07) is 11.7. The predicted molar refractivity (Wildman–Crippen MR) is 74.9 cm³/mol. The second-order valence-electron chi connectivity index (χ2n) is 3.31. The van der Waals surface area contributed by atoms with E-state index in [0.717, 1.165) is 11.1 Å². The predicted octanol–water partition coefficient (Wildman–Crippen LogP) is 2.34. The highest BCUT2D eigenvalue weighted by molar-refractivity contribution is 5.85. The van der Waals surface area contributed by atoms with Crippen molar-refractivity contribution in [3.05, 3.63) is 58.5 Å². The average molecular weight is 273 g/mol. The molecule has 0 saturated heterocycles. The van der Waals surface area contributed by atoms with Gasteiger partial charge in [0.1, 0.15) is 0 Å². The van der Waals surface area contributed by atoms with Crippen LogP contribution in [0.25, 0.3) is 11.1 Å². The number of benzene rings is 1. The summed E-state index contributed by atoms with van der Waals surface area (Å²) in [6.07, 6.45) is 1.71. The van der Waals surface area contributed by atoms with Crippen LogP contribution in [-0.4, -0.2) is 4.98 Å². The number of hydrogen-bond acceptors (Lipinski definition) is 2. The first kappa shape index (κ1) is 15.7. The van der Waals surface area contributed by atoms with E-state index in [9.17, 15) is 4.79 Å². The van der Waals surface area contributed by atoms with E-state index in [2.05, 4.69) is 4.98 Å². The summed E-state index contributed by atoms with van der Waals surface area (Å²) in [6.45, 7) is 0.260. The lowest BCUT2D eigenvalue weighted by atomic mass is 10.1. The lowest BCUT2D eigenvalue weighted by molar-refractivity contribution is 1.02. The zero-order valence-corrected chi connectivity index (χ0v) is 10.7. The molecule has 0 aliphatic carbocycles. The number of aromatic nitrogens is 1. The van der Waals surface area contributed by atoms with Crippen molar-refractivity contribution in [2.45, 2.75) is 6.54 Å². The molecule has 3 N–H and O–H groups in total. The first-order chi connectivity index (χ1) is 7.31. The molecule has 0 spiro atoms. The first-order valence-electron chi connectivity index (χ1n) is 4.78. The number of aromatic amines is 1. The van der Waals surface area contributed by atoms with Gasteiger partial charge in [-0.15, -0.1) is 24.8 Å². The Kier molecular flexibility index (Phi) is 6.58. The molecule has 92 valence electrons. The molecular formula is C12H14Cl2N2O. The molecule has 0 bridgehead atoms. The molecule has 0 radical (unpaired) electrons. The highest BCUT2D eigenvalue weighted by Crippen LogP contribution is 2.17. The number of hydrogen-bond donors (Lipinski definition) is 2. The molecule has 0 atom stereocenters. The number of halogens is 2. The monoisotopic (exact) mass is 272 g/mol. The molecule has 17 heavy (non-hydrogen) atoms. The highest BCUT2D eigenvalue weighted by Gasteiger charge is 2.01. The van der Waals surface area contributed by atoms with Crippen molar-refractivity contribution < 1.29 is 0 Å². The van der Waals surface area contributed by atoms with Crippen molar-refractivity contribution in [3.8, 4) is 11.1 Å². The van der Waals surface area contributed by atoms with Gasteiger partial charge in [-0.3, -0.25) is 4.79 Å². The van der Waals surface area contributed by atoms with Crippen LogP contribution < -0.4 is 11.3 Å².